The third-order valence-electron chi connectivity index (χ3n) is 4.47. The Kier molecular flexibility index (Phi) is 5.66. The van der Waals surface area contributed by atoms with E-state index in [1.54, 1.807) is 12.3 Å². The van der Waals surface area contributed by atoms with Crippen LogP contribution in [-0.4, -0.2) is 25.2 Å². The topological polar surface area (TPSA) is 44.7 Å². The van der Waals surface area contributed by atoms with E-state index in [-0.39, 0.29) is 11.7 Å². The van der Waals surface area contributed by atoms with Crippen LogP contribution in [0.1, 0.15) is 38.2 Å². The Morgan fingerprint density at radius 3 is 2.46 bits per heavy atom. The Balaban J connectivity index is 1.74. The molecular weight excluding hydrogens is 329 g/mol. The number of anilines is 2. The van der Waals surface area contributed by atoms with E-state index < -0.39 is 5.92 Å². The van der Waals surface area contributed by atoms with E-state index in [1.807, 2.05) is 12.1 Å². The van der Waals surface area contributed by atoms with Gasteiger partial charge in [-0.15, -0.1) is 0 Å². The molecule has 1 aliphatic heterocycles. The number of halogens is 1. The third kappa shape index (κ3) is 3.93. The number of amides is 1. The Bertz CT molecular complexity index is 795. The molecule has 1 aliphatic rings. The van der Waals surface area contributed by atoms with E-state index in [2.05, 4.69) is 41.2 Å². The highest BCUT2D eigenvalue weighted by atomic mass is 19.1. The van der Waals surface area contributed by atoms with Crippen LogP contribution in [0.3, 0.4) is 0 Å². The molecule has 0 aliphatic carbocycles. The molecule has 0 radical (unpaired) electrons. The first-order valence-electron chi connectivity index (χ1n) is 9.12. The Hall–Kier alpha value is -2.69. The first-order valence-corrected chi connectivity index (χ1v) is 9.12. The molecule has 0 saturated carbocycles. The fourth-order valence-electron chi connectivity index (χ4n) is 3.23. The summed E-state index contributed by atoms with van der Waals surface area (Å²) in [6, 6.07) is 12.4. The molecule has 0 fully saturated rings. The molecule has 1 unspecified atom stereocenters. The normalized spacial score (nSPS) is 16.0. The smallest absolute Gasteiger partial charge is 0.237 e. The van der Waals surface area contributed by atoms with Crippen LogP contribution in [0.5, 0.6) is 0 Å². The summed E-state index contributed by atoms with van der Waals surface area (Å²) < 4.78 is 13.3. The number of hydrogen-bond acceptors (Lipinski definition) is 3. The minimum Gasteiger partial charge on any atom is -0.372 e. The van der Waals surface area contributed by atoms with E-state index in [4.69, 9.17) is 0 Å². The average Bonchev–Trinajstić information content (AvgIpc) is 2.94. The monoisotopic (exact) mass is 353 g/mol. The van der Waals surface area contributed by atoms with Gasteiger partial charge in [-0.1, -0.05) is 19.9 Å². The molecule has 2 aromatic rings. The van der Waals surface area contributed by atoms with Crippen LogP contribution in [0.25, 0.3) is 0 Å². The number of aliphatic imine (C=N–C) groups is 1. The number of hydrogen-bond donors (Lipinski definition) is 1. The molecule has 0 spiro atoms. The van der Waals surface area contributed by atoms with Gasteiger partial charge in [0, 0.05) is 30.7 Å². The Labute approximate surface area is 153 Å². The molecular formula is C21H24FN3O. The van der Waals surface area contributed by atoms with Crippen LogP contribution in [0.15, 0.2) is 47.5 Å². The standard InChI is InChI=1S/C21H24FN3O/c1-3-11-25(12-4-2)17-8-6-16(7-9-17)23-14-19-18-10-5-15(22)13-20(18)24-21(19)26/h5-10,13-14,19H,3-4,11-12H2,1-2H3,(H,24,26). The van der Waals surface area contributed by atoms with Crippen molar-refractivity contribution >= 4 is 29.2 Å². The van der Waals surface area contributed by atoms with Crippen molar-refractivity contribution in [1.29, 1.82) is 0 Å². The largest absolute Gasteiger partial charge is 0.372 e. The van der Waals surface area contributed by atoms with Crippen molar-refractivity contribution in [2.45, 2.75) is 32.6 Å². The highest BCUT2D eigenvalue weighted by Gasteiger charge is 2.29. The summed E-state index contributed by atoms with van der Waals surface area (Å²) in [4.78, 5) is 18.9. The lowest BCUT2D eigenvalue weighted by atomic mass is 10.0. The molecule has 136 valence electrons. The highest BCUT2D eigenvalue weighted by Crippen LogP contribution is 2.32. The number of carbonyl (C=O) groups excluding carboxylic acids is 1. The van der Waals surface area contributed by atoms with E-state index in [0.717, 1.165) is 37.2 Å². The Morgan fingerprint density at radius 1 is 1.12 bits per heavy atom. The summed E-state index contributed by atoms with van der Waals surface area (Å²) in [5, 5.41) is 2.70. The second-order valence-corrected chi connectivity index (χ2v) is 6.48. The number of nitrogens with zero attached hydrogens (tertiary/aromatic N) is 2. The minimum absolute atomic E-state index is 0.178. The molecule has 2 aromatic carbocycles. The molecule has 1 heterocycles. The third-order valence-corrected chi connectivity index (χ3v) is 4.47. The number of nitrogens with one attached hydrogen (secondary N) is 1. The molecule has 0 bridgehead atoms. The fraction of sp³-hybridized carbons (Fsp3) is 0.333. The van der Waals surface area contributed by atoms with Gasteiger partial charge in [-0.25, -0.2) is 4.39 Å². The second-order valence-electron chi connectivity index (χ2n) is 6.48. The summed E-state index contributed by atoms with van der Waals surface area (Å²) in [5.74, 6) is -1.02. The first-order chi connectivity index (χ1) is 12.6. The first kappa shape index (κ1) is 18.1. The predicted octanol–water partition coefficient (Wildman–Crippen LogP) is 4.89. The minimum atomic E-state index is -0.484. The molecule has 1 amide bonds. The van der Waals surface area contributed by atoms with Gasteiger partial charge in [0.1, 0.15) is 11.7 Å². The molecule has 1 atom stereocenters. The number of fused-ring (bicyclic) bond motifs is 1. The lowest BCUT2D eigenvalue weighted by Crippen LogP contribution is -2.24. The fourth-order valence-corrected chi connectivity index (χ4v) is 3.23. The maximum absolute atomic E-state index is 13.3. The van der Waals surface area contributed by atoms with Crippen molar-refractivity contribution in [3.05, 3.63) is 53.8 Å². The van der Waals surface area contributed by atoms with Gasteiger partial charge in [-0.2, -0.15) is 0 Å². The van der Waals surface area contributed by atoms with E-state index in [9.17, 15) is 9.18 Å². The number of benzene rings is 2. The van der Waals surface area contributed by atoms with E-state index >= 15 is 0 Å². The summed E-state index contributed by atoms with van der Waals surface area (Å²) in [6.07, 6.45) is 3.84. The van der Waals surface area contributed by atoms with Gasteiger partial charge >= 0.3 is 0 Å². The van der Waals surface area contributed by atoms with Crippen molar-refractivity contribution in [1.82, 2.24) is 0 Å². The molecule has 3 rings (SSSR count). The van der Waals surface area contributed by atoms with Crippen LogP contribution < -0.4 is 10.2 Å². The lowest BCUT2D eigenvalue weighted by Gasteiger charge is -2.23. The van der Waals surface area contributed by atoms with E-state index in [0.29, 0.717) is 5.69 Å². The van der Waals surface area contributed by atoms with Crippen molar-refractivity contribution in [2.75, 3.05) is 23.3 Å². The lowest BCUT2D eigenvalue weighted by molar-refractivity contribution is -0.115. The summed E-state index contributed by atoms with van der Waals surface area (Å²) in [7, 11) is 0. The molecule has 5 heteroatoms. The van der Waals surface area contributed by atoms with Gasteiger partial charge in [0.15, 0.2) is 0 Å². The number of carbonyl (C=O) groups is 1. The van der Waals surface area contributed by atoms with Crippen molar-refractivity contribution < 1.29 is 9.18 Å². The van der Waals surface area contributed by atoms with Crippen LogP contribution in [-0.2, 0) is 4.79 Å². The SMILES string of the molecule is CCCN(CCC)c1ccc(N=CC2C(=O)Nc3cc(F)ccc32)cc1. The zero-order valence-electron chi connectivity index (χ0n) is 15.2. The van der Waals surface area contributed by atoms with Gasteiger partial charge in [-0.05, 0) is 54.8 Å². The van der Waals surface area contributed by atoms with Crippen molar-refractivity contribution in [3.63, 3.8) is 0 Å². The molecule has 0 saturated heterocycles. The zero-order valence-corrected chi connectivity index (χ0v) is 15.2. The number of rotatable bonds is 7. The van der Waals surface area contributed by atoms with Crippen LogP contribution in [0.2, 0.25) is 0 Å². The Morgan fingerprint density at radius 2 is 1.81 bits per heavy atom. The maximum atomic E-state index is 13.3. The quantitative estimate of drug-likeness (QED) is 0.720. The molecule has 1 N–H and O–H groups in total. The average molecular weight is 353 g/mol. The van der Waals surface area contributed by atoms with E-state index in [1.165, 1.54) is 17.8 Å². The molecule has 4 nitrogen and oxygen atoms in total. The highest BCUT2D eigenvalue weighted by molar-refractivity contribution is 6.12. The zero-order chi connectivity index (χ0) is 18.5. The van der Waals surface area contributed by atoms with Gasteiger partial charge in [0.05, 0.1) is 5.69 Å². The second kappa shape index (κ2) is 8.13. The van der Waals surface area contributed by atoms with Gasteiger partial charge in [0.2, 0.25) is 5.91 Å². The van der Waals surface area contributed by atoms with Crippen LogP contribution >= 0.6 is 0 Å². The molecule has 26 heavy (non-hydrogen) atoms. The van der Waals surface area contributed by atoms with Crippen LogP contribution in [0.4, 0.5) is 21.5 Å². The summed E-state index contributed by atoms with van der Waals surface area (Å²) in [6.45, 7) is 6.42. The summed E-state index contributed by atoms with van der Waals surface area (Å²) in [5.41, 5.74) is 3.27. The summed E-state index contributed by atoms with van der Waals surface area (Å²) >= 11 is 0. The van der Waals surface area contributed by atoms with Gasteiger partial charge in [0.25, 0.3) is 0 Å². The van der Waals surface area contributed by atoms with Gasteiger partial charge in [-0.3, -0.25) is 9.79 Å². The van der Waals surface area contributed by atoms with Crippen LogP contribution in [0, 0.1) is 5.82 Å². The van der Waals surface area contributed by atoms with Crippen molar-refractivity contribution in [3.8, 4) is 0 Å². The maximum Gasteiger partial charge on any atom is 0.237 e. The molecule has 0 aromatic heterocycles. The van der Waals surface area contributed by atoms with Gasteiger partial charge < -0.3 is 10.2 Å². The predicted molar refractivity (Wildman–Crippen MR) is 105 cm³/mol. The van der Waals surface area contributed by atoms with Crippen molar-refractivity contribution in [2.24, 2.45) is 4.99 Å².